The smallest absolute Gasteiger partial charge is 0.155 e. The van der Waals surface area contributed by atoms with Crippen LogP contribution in [-0.4, -0.2) is 23.1 Å². The predicted molar refractivity (Wildman–Crippen MR) is 109 cm³/mol. The third-order valence-electron chi connectivity index (χ3n) is 3.56. The normalized spacial score (nSPS) is 10.6. The molecule has 24 heavy (non-hydrogen) atoms. The molecule has 0 aliphatic heterocycles. The molecule has 0 N–H and O–H groups in total. The van der Waals surface area contributed by atoms with Gasteiger partial charge in [-0.05, 0) is 26.2 Å². The summed E-state index contributed by atoms with van der Waals surface area (Å²) in [6, 6.07) is 0. The minimum absolute atomic E-state index is 0.894. The van der Waals surface area contributed by atoms with Crippen molar-refractivity contribution in [1.82, 2.24) is 9.97 Å². The van der Waals surface area contributed by atoms with E-state index in [1.807, 2.05) is 32.2 Å². The second-order valence-corrected chi connectivity index (χ2v) is 5.28. The highest BCUT2D eigenvalue weighted by atomic mass is 15.2. The lowest BCUT2D eigenvalue weighted by atomic mass is 10.1. The summed E-state index contributed by atoms with van der Waals surface area (Å²) < 4.78 is 0. The lowest BCUT2D eigenvalue weighted by Crippen LogP contribution is -2.26. The van der Waals surface area contributed by atoms with Gasteiger partial charge < -0.3 is 4.90 Å². The summed E-state index contributed by atoms with van der Waals surface area (Å²) in [5, 5.41) is 0. The molecule has 0 atom stereocenters. The van der Waals surface area contributed by atoms with E-state index in [1.54, 1.807) is 6.08 Å². The zero-order chi connectivity index (χ0) is 18.4. The van der Waals surface area contributed by atoms with Gasteiger partial charge in [-0.1, -0.05) is 65.5 Å². The average molecular weight is 330 g/mol. The lowest BCUT2D eigenvalue weighted by molar-refractivity contribution is 0.744. The number of nitrogens with zero attached hydrogens (tertiary/aromatic N) is 3. The second kappa shape index (κ2) is 13.5. The first-order valence-electron chi connectivity index (χ1n) is 9.28. The fraction of sp³-hybridized carbons (Fsp3) is 0.524. The van der Waals surface area contributed by atoms with Gasteiger partial charge in [-0.25, -0.2) is 4.98 Å². The Labute approximate surface area is 149 Å². The Morgan fingerprint density at radius 3 is 2.38 bits per heavy atom. The third-order valence-corrected chi connectivity index (χ3v) is 3.56. The molecule has 0 aliphatic carbocycles. The van der Waals surface area contributed by atoms with Crippen molar-refractivity contribution in [2.75, 3.05) is 18.0 Å². The molecule has 0 saturated heterocycles. The van der Waals surface area contributed by atoms with Crippen LogP contribution in [0.4, 0.5) is 5.82 Å². The lowest BCUT2D eigenvalue weighted by Gasteiger charge is -2.24. The average Bonchev–Trinajstić information content (AvgIpc) is 2.64. The minimum atomic E-state index is 0.894. The maximum absolute atomic E-state index is 4.89. The molecule has 1 aromatic rings. The van der Waals surface area contributed by atoms with Crippen LogP contribution in [0.3, 0.4) is 0 Å². The summed E-state index contributed by atoms with van der Waals surface area (Å²) in [5.74, 6) is 0.964. The molecule has 0 spiro atoms. The molecular formula is C21H35N3. The number of rotatable bonds is 10. The van der Waals surface area contributed by atoms with Crippen molar-refractivity contribution in [2.45, 2.75) is 60.3 Å². The van der Waals surface area contributed by atoms with E-state index in [4.69, 9.17) is 4.98 Å². The van der Waals surface area contributed by atoms with Crippen LogP contribution in [0.2, 0.25) is 0 Å². The number of allylic oxidation sites excluding steroid dienone is 4. The molecule has 0 unspecified atom stereocenters. The first-order valence-corrected chi connectivity index (χ1v) is 9.28. The number of unbranched alkanes of at least 4 members (excludes halogenated alkanes) is 1. The van der Waals surface area contributed by atoms with E-state index in [9.17, 15) is 0 Å². The van der Waals surface area contributed by atoms with Crippen molar-refractivity contribution in [2.24, 2.45) is 0 Å². The highest BCUT2D eigenvalue weighted by molar-refractivity contribution is 5.79. The summed E-state index contributed by atoms with van der Waals surface area (Å²) in [5.41, 5.74) is 2.93. The van der Waals surface area contributed by atoms with E-state index in [-0.39, 0.29) is 0 Å². The molecule has 3 nitrogen and oxygen atoms in total. The van der Waals surface area contributed by atoms with E-state index in [0.717, 1.165) is 55.1 Å². The van der Waals surface area contributed by atoms with E-state index in [0.29, 0.717) is 0 Å². The fourth-order valence-corrected chi connectivity index (χ4v) is 2.37. The van der Waals surface area contributed by atoms with Crippen LogP contribution in [0, 0.1) is 0 Å². The second-order valence-electron chi connectivity index (χ2n) is 5.28. The van der Waals surface area contributed by atoms with Gasteiger partial charge in [0.1, 0.15) is 5.69 Å². The Morgan fingerprint density at radius 1 is 1.17 bits per heavy atom. The molecule has 0 amide bonds. The molecule has 0 aromatic carbocycles. The van der Waals surface area contributed by atoms with E-state index >= 15 is 0 Å². The van der Waals surface area contributed by atoms with Crippen molar-refractivity contribution in [3.63, 3.8) is 0 Å². The molecule has 1 heterocycles. The van der Waals surface area contributed by atoms with Crippen molar-refractivity contribution in [3.05, 3.63) is 49.0 Å². The maximum atomic E-state index is 4.89. The zero-order valence-electron chi connectivity index (χ0n) is 16.3. The maximum Gasteiger partial charge on any atom is 0.155 e. The van der Waals surface area contributed by atoms with Crippen molar-refractivity contribution < 1.29 is 0 Å². The first kappa shape index (κ1) is 22.1. The molecule has 3 heteroatoms. The fourth-order valence-electron chi connectivity index (χ4n) is 2.37. The molecule has 1 rings (SSSR count). The van der Waals surface area contributed by atoms with Crippen molar-refractivity contribution in [1.29, 1.82) is 0 Å². The van der Waals surface area contributed by atoms with Gasteiger partial charge in [-0.15, -0.1) is 0 Å². The SMILES string of the molecule is C=C/C=C(\C=C)c1ncc(CCCC)nc1N(CC)CCC.CC. The van der Waals surface area contributed by atoms with Crippen LogP contribution in [0.25, 0.3) is 5.57 Å². The van der Waals surface area contributed by atoms with Crippen LogP contribution < -0.4 is 4.90 Å². The van der Waals surface area contributed by atoms with Crippen molar-refractivity contribution in [3.8, 4) is 0 Å². The highest BCUT2D eigenvalue weighted by Gasteiger charge is 2.15. The van der Waals surface area contributed by atoms with Crippen molar-refractivity contribution >= 4 is 11.4 Å². The summed E-state index contributed by atoms with van der Waals surface area (Å²) in [6.07, 6.45) is 11.8. The summed E-state index contributed by atoms with van der Waals surface area (Å²) in [6.45, 7) is 20.1. The molecular weight excluding hydrogens is 294 g/mol. The van der Waals surface area contributed by atoms with E-state index in [2.05, 4.69) is 43.8 Å². The number of anilines is 1. The Bertz CT molecular complexity index is 518. The number of aryl methyl sites for hydroxylation is 1. The third kappa shape index (κ3) is 6.69. The van der Waals surface area contributed by atoms with Gasteiger partial charge in [0, 0.05) is 24.9 Å². The minimum Gasteiger partial charge on any atom is -0.355 e. The Kier molecular flexibility index (Phi) is 12.5. The molecule has 0 radical (unpaired) electrons. The Hall–Kier alpha value is -1.90. The highest BCUT2D eigenvalue weighted by Crippen LogP contribution is 2.25. The number of aromatic nitrogens is 2. The van der Waals surface area contributed by atoms with E-state index in [1.165, 1.54) is 6.42 Å². The Balaban J connectivity index is 0.00000254. The van der Waals surface area contributed by atoms with Crippen LogP contribution in [0.15, 0.2) is 37.6 Å². The predicted octanol–water partition coefficient (Wildman–Crippen LogP) is 5.84. The zero-order valence-corrected chi connectivity index (χ0v) is 16.3. The Morgan fingerprint density at radius 2 is 1.88 bits per heavy atom. The monoisotopic (exact) mass is 329 g/mol. The molecule has 0 bridgehead atoms. The summed E-state index contributed by atoms with van der Waals surface area (Å²) >= 11 is 0. The standard InChI is InChI=1S/C19H29N3.C2H6/c1-6-11-13-17-15-20-18(16(9-4)12-7-2)19(21-17)22(10-5)14-8-3;1-2/h7,9,12,15H,2,4,6,8,10-11,13-14H2,1,3,5H3;1-2H3/b16-12+;. The van der Waals surface area contributed by atoms with Crippen LogP contribution in [-0.2, 0) is 6.42 Å². The van der Waals surface area contributed by atoms with Gasteiger partial charge in [-0.3, -0.25) is 4.98 Å². The topological polar surface area (TPSA) is 29.0 Å². The molecule has 0 saturated carbocycles. The first-order chi connectivity index (χ1) is 11.7. The van der Waals surface area contributed by atoms with Gasteiger partial charge in [0.25, 0.3) is 0 Å². The molecule has 134 valence electrons. The number of hydrogen-bond donors (Lipinski definition) is 0. The van der Waals surface area contributed by atoms with Crippen LogP contribution in [0.1, 0.15) is 65.3 Å². The number of hydrogen-bond acceptors (Lipinski definition) is 3. The molecule has 0 aliphatic rings. The van der Waals surface area contributed by atoms with Gasteiger partial charge in [0.2, 0.25) is 0 Å². The van der Waals surface area contributed by atoms with Crippen LogP contribution >= 0.6 is 0 Å². The van der Waals surface area contributed by atoms with Gasteiger partial charge >= 0.3 is 0 Å². The van der Waals surface area contributed by atoms with E-state index < -0.39 is 0 Å². The van der Waals surface area contributed by atoms with Gasteiger partial charge in [-0.2, -0.15) is 0 Å². The summed E-state index contributed by atoms with van der Waals surface area (Å²) in [4.78, 5) is 11.9. The molecule has 0 fully saturated rings. The van der Waals surface area contributed by atoms with Gasteiger partial charge in [0.05, 0.1) is 5.69 Å². The van der Waals surface area contributed by atoms with Gasteiger partial charge in [0.15, 0.2) is 5.82 Å². The summed E-state index contributed by atoms with van der Waals surface area (Å²) in [7, 11) is 0. The van der Waals surface area contributed by atoms with Crippen LogP contribution in [0.5, 0.6) is 0 Å². The quantitative estimate of drug-likeness (QED) is 0.505. The largest absolute Gasteiger partial charge is 0.355 e. The molecule has 1 aromatic heterocycles.